The van der Waals surface area contributed by atoms with Crippen molar-refractivity contribution in [2.45, 2.75) is 43.8 Å². The van der Waals surface area contributed by atoms with Gasteiger partial charge in [0.2, 0.25) is 5.91 Å². The Morgan fingerprint density at radius 1 is 1.17 bits per heavy atom. The minimum absolute atomic E-state index is 0.0828. The molecule has 2 aliphatic heterocycles. The topological polar surface area (TPSA) is 51.0 Å². The lowest BCUT2D eigenvalue weighted by molar-refractivity contribution is -0.130. The molecule has 2 aliphatic rings. The molecule has 0 saturated carbocycles. The smallest absolute Gasteiger partial charge is 0.247 e. The summed E-state index contributed by atoms with van der Waals surface area (Å²) in [5, 5.41) is 8.69. The molecule has 2 fully saturated rings. The van der Waals surface area contributed by atoms with Crippen molar-refractivity contribution >= 4 is 23.6 Å². The fraction of sp³-hybridized carbons (Fsp3) is 0.389. The summed E-state index contributed by atoms with van der Waals surface area (Å²) in [7, 11) is 0. The van der Waals surface area contributed by atoms with E-state index in [0.29, 0.717) is 23.1 Å². The van der Waals surface area contributed by atoms with Crippen LogP contribution in [0, 0.1) is 0 Å². The molecule has 2 bridgehead atoms. The molecular weight excluding hydrogens is 324 g/mol. The summed E-state index contributed by atoms with van der Waals surface area (Å²) in [4.78, 5) is 14.8. The fourth-order valence-corrected chi connectivity index (χ4v) is 4.19. The fourth-order valence-electron chi connectivity index (χ4n) is 3.99. The van der Waals surface area contributed by atoms with Crippen LogP contribution in [0.3, 0.4) is 0 Å². The molecule has 4 rings (SSSR count). The number of amides is 1. The van der Waals surface area contributed by atoms with Crippen LogP contribution >= 0.6 is 11.6 Å². The van der Waals surface area contributed by atoms with Crippen LogP contribution in [-0.4, -0.2) is 37.9 Å². The minimum Gasteiger partial charge on any atom is -0.333 e. The molecule has 0 N–H and O–H groups in total. The molecule has 6 heteroatoms. The molecule has 24 heavy (non-hydrogen) atoms. The first-order valence-corrected chi connectivity index (χ1v) is 8.71. The molecule has 124 valence electrons. The van der Waals surface area contributed by atoms with Gasteiger partial charge in [-0.05, 0) is 43.4 Å². The quantitative estimate of drug-likeness (QED) is 0.804. The lowest BCUT2D eigenvalue weighted by Crippen LogP contribution is -2.46. The van der Waals surface area contributed by atoms with Crippen molar-refractivity contribution in [1.29, 1.82) is 0 Å². The highest BCUT2D eigenvalue weighted by molar-refractivity contribution is 6.32. The number of fused-ring (bicyclic) bond motifs is 2. The van der Waals surface area contributed by atoms with Gasteiger partial charge in [0.1, 0.15) is 0 Å². The first-order valence-electron chi connectivity index (χ1n) is 8.33. The summed E-state index contributed by atoms with van der Waals surface area (Å²) >= 11 is 6.15. The number of hydrogen-bond acceptors (Lipinski definition) is 3. The Bertz CT molecular complexity index is 744. The van der Waals surface area contributed by atoms with Gasteiger partial charge in [0, 0.05) is 29.4 Å². The number of rotatable bonds is 3. The van der Waals surface area contributed by atoms with E-state index in [0.717, 1.165) is 31.2 Å². The zero-order valence-electron chi connectivity index (χ0n) is 13.3. The van der Waals surface area contributed by atoms with Gasteiger partial charge in [-0.25, -0.2) is 4.68 Å². The van der Waals surface area contributed by atoms with Crippen LogP contribution < -0.4 is 0 Å². The summed E-state index contributed by atoms with van der Waals surface area (Å²) in [6, 6.07) is 8.49. The number of aromatic nitrogens is 3. The van der Waals surface area contributed by atoms with Gasteiger partial charge in [-0.1, -0.05) is 35.0 Å². The molecule has 5 nitrogen and oxygen atoms in total. The minimum atomic E-state index is 0.0828. The third-order valence-electron chi connectivity index (χ3n) is 5.09. The van der Waals surface area contributed by atoms with E-state index in [4.69, 9.17) is 11.6 Å². The summed E-state index contributed by atoms with van der Waals surface area (Å²) in [5.74, 6) is 0.0828. The van der Waals surface area contributed by atoms with Gasteiger partial charge >= 0.3 is 0 Å². The average Bonchev–Trinajstić information content (AvgIpc) is 3.21. The SMILES string of the molecule is O=C(/C=C/c1ccccc1Cl)N1C2CCC1CC(n1ccnn1)C2. The number of nitrogens with zero attached hydrogens (tertiary/aromatic N) is 4. The first-order chi connectivity index (χ1) is 11.7. The van der Waals surface area contributed by atoms with Gasteiger partial charge in [0.25, 0.3) is 0 Å². The van der Waals surface area contributed by atoms with Gasteiger partial charge in [-0.3, -0.25) is 4.79 Å². The molecule has 1 amide bonds. The molecule has 2 aromatic rings. The normalized spacial score (nSPS) is 26.2. The molecule has 2 saturated heterocycles. The standard InChI is InChI=1S/C18H19ClN4O/c19-17-4-2-1-3-13(17)5-8-18(24)23-14-6-7-15(23)12-16(11-14)22-10-9-20-21-22/h1-5,8-10,14-16H,6-7,11-12H2/b8-5+. The number of hydrogen-bond donors (Lipinski definition) is 0. The van der Waals surface area contributed by atoms with E-state index in [9.17, 15) is 4.79 Å². The Hall–Kier alpha value is -2.14. The lowest BCUT2D eigenvalue weighted by atomic mass is 9.97. The Morgan fingerprint density at radius 3 is 2.58 bits per heavy atom. The van der Waals surface area contributed by atoms with E-state index in [2.05, 4.69) is 15.2 Å². The van der Waals surface area contributed by atoms with Crippen molar-refractivity contribution < 1.29 is 4.79 Å². The Balaban J connectivity index is 1.47. The summed E-state index contributed by atoms with van der Waals surface area (Å²) in [5.41, 5.74) is 0.873. The number of piperidine rings is 1. The predicted octanol–water partition coefficient (Wildman–Crippen LogP) is 3.34. The highest BCUT2D eigenvalue weighted by Crippen LogP contribution is 2.40. The van der Waals surface area contributed by atoms with Crippen molar-refractivity contribution in [3.05, 3.63) is 53.3 Å². The van der Waals surface area contributed by atoms with Gasteiger partial charge in [-0.15, -0.1) is 5.10 Å². The Labute approximate surface area is 145 Å². The zero-order valence-corrected chi connectivity index (χ0v) is 14.0. The molecule has 1 aromatic carbocycles. The van der Waals surface area contributed by atoms with E-state index >= 15 is 0 Å². The Kier molecular flexibility index (Phi) is 4.10. The highest BCUT2D eigenvalue weighted by atomic mass is 35.5. The molecule has 0 aliphatic carbocycles. The van der Waals surface area contributed by atoms with Crippen molar-refractivity contribution in [3.63, 3.8) is 0 Å². The lowest BCUT2D eigenvalue weighted by Gasteiger charge is -2.38. The summed E-state index contributed by atoms with van der Waals surface area (Å²) < 4.78 is 1.94. The number of benzene rings is 1. The van der Waals surface area contributed by atoms with Gasteiger partial charge in [0.15, 0.2) is 0 Å². The maximum Gasteiger partial charge on any atom is 0.247 e. The van der Waals surface area contributed by atoms with Gasteiger partial charge in [0.05, 0.1) is 12.2 Å². The van der Waals surface area contributed by atoms with Crippen LogP contribution in [0.4, 0.5) is 0 Å². The maximum absolute atomic E-state index is 12.7. The van der Waals surface area contributed by atoms with E-state index in [-0.39, 0.29) is 5.91 Å². The number of carbonyl (C=O) groups is 1. The van der Waals surface area contributed by atoms with Crippen LogP contribution in [0.2, 0.25) is 5.02 Å². The van der Waals surface area contributed by atoms with Crippen LogP contribution in [-0.2, 0) is 4.79 Å². The molecular formula is C18H19ClN4O. The summed E-state index contributed by atoms with van der Waals surface area (Å²) in [6.45, 7) is 0. The number of carbonyl (C=O) groups excluding carboxylic acids is 1. The third kappa shape index (κ3) is 2.84. The van der Waals surface area contributed by atoms with E-state index < -0.39 is 0 Å². The molecule has 3 heterocycles. The second-order valence-electron chi connectivity index (χ2n) is 6.49. The van der Waals surface area contributed by atoms with Crippen LogP contribution in [0.25, 0.3) is 6.08 Å². The monoisotopic (exact) mass is 342 g/mol. The second kappa shape index (κ2) is 6.40. The first kappa shape index (κ1) is 15.4. The summed E-state index contributed by atoms with van der Waals surface area (Å²) in [6.07, 6.45) is 11.1. The van der Waals surface area contributed by atoms with Gasteiger partial charge in [-0.2, -0.15) is 0 Å². The van der Waals surface area contributed by atoms with Crippen LogP contribution in [0.5, 0.6) is 0 Å². The van der Waals surface area contributed by atoms with Crippen molar-refractivity contribution in [2.24, 2.45) is 0 Å². The molecule has 0 radical (unpaired) electrons. The predicted molar refractivity (Wildman–Crippen MR) is 92.4 cm³/mol. The van der Waals surface area contributed by atoms with Gasteiger partial charge < -0.3 is 4.90 Å². The van der Waals surface area contributed by atoms with Crippen molar-refractivity contribution in [2.75, 3.05) is 0 Å². The molecule has 2 atom stereocenters. The average molecular weight is 343 g/mol. The third-order valence-corrected chi connectivity index (χ3v) is 5.43. The number of halogens is 1. The largest absolute Gasteiger partial charge is 0.333 e. The molecule has 1 aromatic heterocycles. The van der Waals surface area contributed by atoms with E-state index in [1.54, 1.807) is 12.3 Å². The van der Waals surface area contributed by atoms with Crippen LogP contribution in [0.15, 0.2) is 42.7 Å². The Morgan fingerprint density at radius 2 is 1.92 bits per heavy atom. The second-order valence-corrected chi connectivity index (χ2v) is 6.90. The molecule has 2 unspecified atom stereocenters. The maximum atomic E-state index is 12.7. The highest BCUT2D eigenvalue weighted by Gasteiger charge is 2.43. The van der Waals surface area contributed by atoms with Crippen molar-refractivity contribution in [3.8, 4) is 0 Å². The molecule has 0 spiro atoms. The van der Waals surface area contributed by atoms with E-state index in [1.165, 1.54) is 0 Å². The van der Waals surface area contributed by atoms with Crippen LogP contribution in [0.1, 0.15) is 37.3 Å². The van der Waals surface area contributed by atoms with Crippen molar-refractivity contribution in [1.82, 2.24) is 19.9 Å². The van der Waals surface area contributed by atoms with E-state index in [1.807, 2.05) is 41.2 Å². The zero-order chi connectivity index (χ0) is 16.5.